The number of aryl methyl sites for hydroxylation is 1. The van der Waals surface area contributed by atoms with E-state index in [2.05, 4.69) is 48.9 Å². The topological polar surface area (TPSA) is 12.0 Å². The molecule has 1 atom stereocenters. The summed E-state index contributed by atoms with van der Waals surface area (Å²) in [6.07, 6.45) is 4.95. The largest absolute Gasteiger partial charge is 0.317 e. The summed E-state index contributed by atoms with van der Waals surface area (Å²) in [4.78, 5) is 0. The highest BCUT2D eigenvalue weighted by Crippen LogP contribution is 2.26. The van der Waals surface area contributed by atoms with Crippen molar-refractivity contribution in [2.45, 2.75) is 38.6 Å². The number of hydrogen-bond donors (Lipinski definition) is 1. The molecule has 1 aromatic heterocycles. The molecular formula is C15H21NS. The van der Waals surface area contributed by atoms with Crippen LogP contribution in [0.4, 0.5) is 0 Å². The molecule has 1 nitrogen and oxygen atoms in total. The van der Waals surface area contributed by atoms with Gasteiger partial charge >= 0.3 is 0 Å². The summed E-state index contributed by atoms with van der Waals surface area (Å²) in [5.41, 5.74) is 1.51. The maximum atomic E-state index is 3.42. The van der Waals surface area contributed by atoms with E-state index in [-0.39, 0.29) is 0 Å². The van der Waals surface area contributed by atoms with Gasteiger partial charge in [-0.1, -0.05) is 31.5 Å². The average molecular weight is 247 g/mol. The molecule has 17 heavy (non-hydrogen) atoms. The second kappa shape index (κ2) is 6.18. The summed E-state index contributed by atoms with van der Waals surface area (Å²) < 4.78 is 1.47. The molecule has 1 N–H and O–H groups in total. The van der Waals surface area contributed by atoms with E-state index in [0.29, 0.717) is 6.04 Å². The Kier molecular flexibility index (Phi) is 4.57. The molecular weight excluding hydrogens is 226 g/mol. The van der Waals surface area contributed by atoms with Gasteiger partial charge < -0.3 is 5.32 Å². The lowest BCUT2D eigenvalue weighted by Crippen LogP contribution is -2.25. The number of benzene rings is 1. The normalized spacial score (nSPS) is 13.1. The molecule has 0 bridgehead atoms. The minimum Gasteiger partial charge on any atom is -0.317 e. The van der Waals surface area contributed by atoms with Gasteiger partial charge in [0, 0.05) is 10.7 Å². The minimum absolute atomic E-state index is 0.662. The van der Waals surface area contributed by atoms with Crippen molar-refractivity contribution in [2.24, 2.45) is 0 Å². The SMILES string of the molecule is CCCC(CCc1cccc2ccsc12)NC. The van der Waals surface area contributed by atoms with Gasteiger partial charge in [0.05, 0.1) is 0 Å². The van der Waals surface area contributed by atoms with Crippen LogP contribution in [-0.2, 0) is 6.42 Å². The number of thiophene rings is 1. The first-order valence-corrected chi connectivity index (χ1v) is 7.35. The molecule has 0 spiro atoms. The van der Waals surface area contributed by atoms with E-state index in [9.17, 15) is 0 Å². The van der Waals surface area contributed by atoms with Crippen LogP contribution in [0.25, 0.3) is 10.1 Å². The summed E-state index contributed by atoms with van der Waals surface area (Å²) in [5.74, 6) is 0. The Labute approximate surface area is 108 Å². The summed E-state index contributed by atoms with van der Waals surface area (Å²) in [6, 6.07) is 9.54. The van der Waals surface area contributed by atoms with Crippen molar-refractivity contribution in [1.29, 1.82) is 0 Å². The van der Waals surface area contributed by atoms with Gasteiger partial charge in [-0.05, 0) is 48.7 Å². The van der Waals surface area contributed by atoms with Crippen LogP contribution in [0.5, 0.6) is 0 Å². The van der Waals surface area contributed by atoms with Gasteiger partial charge in [0.2, 0.25) is 0 Å². The Bertz CT molecular complexity index is 461. The lowest BCUT2D eigenvalue weighted by atomic mass is 10.0. The Balaban J connectivity index is 2.05. The van der Waals surface area contributed by atoms with E-state index < -0.39 is 0 Å². The lowest BCUT2D eigenvalue weighted by Gasteiger charge is -2.15. The fraction of sp³-hybridized carbons (Fsp3) is 0.467. The van der Waals surface area contributed by atoms with Crippen LogP contribution in [0.3, 0.4) is 0 Å². The van der Waals surface area contributed by atoms with Gasteiger partial charge in [-0.3, -0.25) is 0 Å². The molecule has 92 valence electrons. The molecule has 0 radical (unpaired) electrons. The van der Waals surface area contributed by atoms with Crippen molar-refractivity contribution in [2.75, 3.05) is 7.05 Å². The fourth-order valence-electron chi connectivity index (χ4n) is 2.36. The second-order valence-electron chi connectivity index (χ2n) is 4.57. The zero-order chi connectivity index (χ0) is 12.1. The third-order valence-electron chi connectivity index (χ3n) is 3.37. The van der Waals surface area contributed by atoms with Crippen LogP contribution in [0.2, 0.25) is 0 Å². The predicted molar refractivity (Wildman–Crippen MR) is 77.9 cm³/mol. The zero-order valence-corrected chi connectivity index (χ0v) is 11.5. The summed E-state index contributed by atoms with van der Waals surface area (Å²) in [5, 5.41) is 7.00. The van der Waals surface area contributed by atoms with Gasteiger partial charge in [-0.15, -0.1) is 11.3 Å². The van der Waals surface area contributed by atoms with Crippen molar-refractivity contribution in [3.8, 4) is 0 Å². The predicted octanol–water partition coefficient (Wildman–Crippen LogP) is 4.22. The summed E-state index contributed by atoms with van der Waals surface area (Å²) in [6.45, 7) is 2.25. The van der Waals surface area contributed by atoms with Crippen LogP contribution in [0.15, 0.2) is 29.6 Å². The highest BCUT2D eigenvalue weighted by Gasteiger charge is 2.07. The minimum atomic E-state index is 0.662. The Morgan fingerprint density at radius 3 is 2.88 bits per heavy atom. The maximum Gasteiger partial charge on any atom is 0.0374 e. The highest BCUT2D eigenvalue weighted by atomic mass is 32.1. The van der Waals surface area contributed by atoms with E-state index in [1.807, 2.05) is 11.3 Å². The van der Waals surface area contributed by atoms with Crippen LogP contribution >= 0.6 is 11.3 Å². The van der Waals surface area contributed by atoms with E-state index in [1.54, 1.807) is 0 Å². The zero-order valence-electron chi connectivity index (χ0n) is 10.7. The smallest absolute Gasteiger partial charge is 0.0374 e. The molecule has 0 aliphatic rings. The van der Waals surface area contributed by atoms with Gasteiger partial charge in [0.15, 0.2) is 0 Å². The fourth-order valence-corrected chi connectivity index (χ4v) is 3.31. The van der Waals surface area contributed by atoms with Gasteiger partial charge in [-0.25, -0.2) is 0 Å². The van der Waals surface area contributed by atoms with Crippen molar-refractivity contribution >= 4 is 21.4 Å². The summed E-state index contributed by atoms with van der Waals surface area (Å²) >= 11 is 1.87. The lowest BCUT2D eigenvalue weighted by molar-refractivity contribution is 0.484. The number of fused-ring (bicyclic) bond motifs is 1. The second-order valence-corrected chi connectivity index (χ2v) is 5.49. The van der Waals surface area contributed by atoms with Crippen molar-refractivity contribution in [3.63, 3.8) is 0 Å². The quantitative estimate of drug-likeness (QED) is 0.806. The molecule has 2 aromatic rings. The van der Waals surface area contributed by atoms with Gasteiger partial charge in [0.25, 0.3) is 0 Å². The highest BCUT2D eigenvalue weighted by molar-refractivity contribution is 7.17. The monoisotopic (exact) mass is 247 g/mol. The van der Waals surface area contributed by atoms with Crippen LogP contribution in [-0.4, -0.2) is 13.1 Å². The molecule has 1 heterocycles. The Hall–Kier alpha value is -0.860. The third-order valence-corrected chi connectivity index (χ3v) is 4.37. The van der Waals surface area contributed by atoms with E-state index in [4.69, 9.17) is 0 Å². The molecule has 0 saturated heterocycles. The van der Waals surface area contributed by atoms with Crippen LogP contribution in [0, 0.1) is 0 Å². The Morgan fingerprint density at radius 1 is 1.24 bits per heavy atom. The molecule has 2 rings (SSSR count). The molecule has 1 unspecified atom stereocenters. The van der Waals surface area contributed by atoms with Gasteiger partial charge in [0.1, 0.15) is 0 Å². The van der Waals surface area contributed by atoms with Crippen LogP contribution in [0.1, 0.15) is 31.7 Å². The van der Waals surface area contributed by atoms with E-state index in [0.717, 1.165) is 0 Å². The number of nitrogens with one attached hydrogen (secondary N) is 1. The molecule has 0 aliphatic carbocycles. The molecule has 2 heteroatoms. The third kappa shape index (κ3) is 3.08. The molecule has 0 fully saturated rings. The molecule has 1 aromatic carbocycles. The summed E-state index contributed by atoms with van der Waals surface area (Å²) in [7, 11) is 2.08. The maximum absolute atomic E-state index is 3.42. The van der Waals surface area contributed by atoms with Crippen molar-refractivity contribution in [3.05, 3.63) is 35.2 Å². The first-order valence-electron chi connectivity index (χ1n) is 6.47. The number of rotatable bonds is 6. The van der Waals surface area contributed by atoms with Gasteiger partial charge in [-0.2, -0.15) is 0 Å². The first-order chi connectivity index (χ1) is 8.35. The Morgan fingerprint density at radius 2 is 2.12 bits per heavy atom. The molecule has 0 saturated carbocycles. The molecule has 0 aliphatic heterocycles. The van der Waals surface area contributed by atoms with E-state index in [1.165, 1.54) is 41.3 Å². The van der Waals surface area contributed by atoms with Crippen molar-refractivity contribution < 1.29 is 0 Å². The van der Waals surface area contributed by atoms with E-state index >= 15 is 0 Å². The number of hydrogen-bond acceptors (Lipinski definition) is 2. The molecule has 0 amide bonds. The van der Waals surface area contributed by atoms with Crippen molar-refractivity contribution in [1.82, 2.24) is 5.32 Å². The average Bonchev–Trinajstić information content (AvgIpc) is 2.83. The van der Waals surface area contributed by atoms with Crippen LogP contribution < -0.4 is 5.32 Å². The first kappa shape index (κ1) is 12.6. The standard InChI is InChI=1S/C15H21NS/c1-3-5-14(16-2)9-8-12-6-4-7-13-10-11-17-15(12)13/h4,6-7,10-11,14,16H,3,5,8-9H2,1-2H3.